The highest BCUT2D eigenvalue weighted by Gasteiger charge is 2.17. The summed E-state index contributed by atoms with van der Waals surface area (Å²) in [6.45, 7) is 1.87. The van der Waals surface area contributed by atoms with Crippen molar-refractivity contribution in [1.29, 1.82) is 0 Å². The van der Waals surface area contributed by atoms with E-state index in [2.05, 4.69) is 22.5 Å². The standard InChI is InChI=1S/C22H19FN4OS/c1-13-10-20(25-21(28)14-6-8-17(23)9-7-14)27(26-13)22-24-18-11-15-4-2-3-5-16(15)12-19(18)29-22/h6-12H,2-5H2,1H3,(H,25,28). The van der Waals surface area contributed by atoms with Gasteiger partial charge in [0.05, 0.1) is 15.9 Å². The van der Waals surface area contributed by atoms with Gasteiger partial charge in [-0.25, -0.2) is 9.37 Å². The first-order chi connectivity index (χ1) is 14.1. The molecule has 0 radical (unpaired) electrons. The molecule has 29 heavy (non-hydrogen) atoms. The molecule has 0 saturated heterocycles. The average molecular weight is 406 g/mol. The van der Waals surface area contributed by atoms with Gasteiger partial charge in [-0.15, -0.1) is 0 Å². The summed E-state index contributed by atoms with van der Waals surface area (Å²) < 4.78 is 15.9. The van der Waals surface area contributed by atoms with Crippen LogP contribution in [0.4, 0.5) is 10.2 Å². The maximum absolute atomic E-state index is 13.1. The molecule has 0 fully saturated rings. The third-order valence-electron chi connectivity index (χ3n) is 5.20. The lowest BCUT2D eigenvalue weighted by molar-refractivity contribution is 0.102. The van der Waals surface area contributed by atoms with Gasteiger partial charge < -0.3 is 5.32 Å². The molecule has 0 bridgehead atoms. The zero-order chi connectivity index (χ0) is 20.0. The monoisotopic (exact) mass is 406 g/mol. The fraction of sp³-hybridized carbons (Fsp3) is 0.227. The highest BCUT2D eigenvalue weighted by molar-refractivity contribution is 7.20. The lowest BCUT2D eigenvalue weighted by Crippen LogP contribution is -2.15. The molecule has 5 rings (SSSR count). The van der Waals surface area contributed by atoms with Crippen molar-refractivity contribution in [1.82, 2.24) is 14.8 Å². The van der Waals surface area contributed by atoms with Crippen molar-refractivity contribution < 1.29 is 9.18 Å². The molecule has 2 aromatic heterocycles. The number of amides is 1. The molecular formula is C22H19FN4OS. The molecule has 1 N–H and O–H groups in total. The van der Waals surface area contributed by atoms with Crippen LogP contribution in [0.2, 0.25) is 0 Å². The van der Waals surface area contributed by atoms with Gasteiger partial charge in [0.1, 0.15) is 11.6 Å². The van der Waals surface area contributed by atoms with Crippen molar-refractivity contribution in [2.45, 2.75) is 32.6 Å². The first kappa shape index (κ1) is 18.0. The summed E-state index contributed by atoms with van der Waals surface area (Å²) >= 11 is 1.56. The second-order valence-electron chi connectivity index (χ2n) is 7.34. The summed E-state index contributed by atoms with van der Waals surface area (Å²) in [5, 5.41) is 8.11. The number of anilines is 1. The van der Waals surface area contributed by atoms with Crippen LogP contribution < -0.4 is 5.32 Å². The maximum atomic E-state index is 13.1. The second-order valence-corrected chi connectivity index (χ2v) is 8.35. The van der Waals surface area contributed by atoms with Gasteiger partial charge in [0.15, 0.2) is 0 Å². The number of thiazole rings is 1. The Morgan fingerprint density at radius 3 is 2.59 bits per heavy atom. The zero-order valence-electron chi connectivity index (χ0n) is 15.9. The summed E-state index contributed by atoms with van der Waals surface area (Å²) in [5.41, 5.74) is 4.93. The van der Waals surface area contributed by atoms with Gasteiger partial charge in [0.25, 0.3) is 5.91 Å². The number of nitrogens with one attached hydrogen (secondary N) is 1. The number of benzene rings is 2. The van der Waals surface area contributed by atoms with Crippen LogP contribution >= 0.6 is 11.3 Å². The zero-order valence-corrected chi connectivity index (χ0v) is 16.7. The number of carbonyl (C=O) groups excluding carboxylic acids is 1. The molecule has 2 aromatic carbocycles. The van der Waals surface area contributed by atoms with Gasteiger partial charge in [-0.3, -0.25) is 4.79 Å². The Hall–Kier alpha value is -3.06. The molecule has 146 valence electrons. The van der Waals surface area contributed by atoms with Crippen molar-refractivity contribution in [2.75, 3.05) is 5.32 Å². The highest BCUT2D eigenvalue weighted by Crippen LogP contribution is 2.32. The second kappa shape index (κ2) is 7.08. The molecule has 1 aliphatic carbocycles. The summed E-state index contributed by atoms with van der Waals surface area (Å²) in [5.74, 6) is -0.150. The Labute approximate surface area is 171 Å². The van der Waals surface area contributed by atoms with E-state index in [0.29, 0.717) is 16.5 Å². The fourth-order valence-electron chi connectivity index (χ4n) is 3.76. The van der Waals surface area contributed by atoms with E-state index in [0.717, 1.165) is 28.8 Å². The molecule has 0 atom stereocenters. The smallest absolute Gasteiger partial charge is 0.256 e. The number of nitrogens with zero attached hydrogens (tertiary/aromatic N) is 3. The van der Waals surface area contributed by atoms with Crippen LogP contribution in [0.15, 0.2) is 42.5 Å². The maximum Gasteiger partial charge on any atom is 0.256 e. The van der Waals surface area contributed by atoms with E-state index in [1.807, 2.05) is 6.92 Å². The molecule has 0 unspecified atom stereocenters. The number of fused-ring (bicyclic) bond motifs is 2. The summed E-state index contributed by atoms with van der Waals surface area (Å²) in [7, 11) is 0. The van der Waals surface area contributed by atoms with E-state index in [1.165, 1.54) is 48.2 Å². The Kier molecular flexibility index (Phi) is 4.39. The number of rotatable bonds is 3. The Morgan fingerprint density at radius 2 is 1.83 bits per heavy atom. The normalized spacial score (nSPS) is 13.4. The SMILES string of the molecule is Cc1cc(NC(=O)c2ccc(F)cc2)n(-c2nc3cc4c(cc3s2)CCCC4)n1. The van der Waals surface area contributed by atoms with Gasteiger partial charge in [-0.1, -0.05) is 11.3 Å². The van der Waals surface area contributed by atoms with Crippen LogP contribution in [-0.2, 0) is 12.8 Å². The quantitative estimate of drug-likeness (QED) is 0.517. The highest BCUT2D eigenvalue weighted by atomic mass is 32.1. The minimum atomic E-state index is -0.375. The lowest BCUT2D eigenvalue weighted by atomic mass is 9.92. The molecule has 0 spiro atoms. The predicted octanol–water partition coefficient (Wildman–Crippen LogP) is 5.06. The molecule has 1 aliphatic rings. The first-order valence-electron chi connectivity index (χ1n) is 9.63. The molecule has 1 amide bonds. The van der Waals surface area contributed by atoms with Crippen molar-refractivity contribution in [3.05, 3.63) is 70.7 Å². The number of halogens is 1. The van der Waals surface area contributed by atoms with Crippen molar-refractivity contribution >= 4 is 33.3 Å². The van der Waals surface area contributed by atoms with Crippen LogP contribution in [0.1, 0.15) is 40.0 Å². The molecule has 0 aliphatic heterocycles. The van der Waals surface area contributed by atoms with Crippen molar-refractivity contribution in [3.8, 4) is 5.13 Å². The number of hydrogen-bond acceptors (Lipinski definition) is 4. The molecule has 4 aromatic rings. The Morgan fingerprint density at radius 1 is 1.10 bits per heavy atom. The fourth-order valence-corrected chi connectivity index (χ4v) is 4.73. The van der Waals surface area contributed by atoms with Crippen molar-refractivity contribution in [3.63, 3.8) is 0 Å². The van der Waals surface area contributed by atoms with E-state index in [9.17, 15) is 9.18 Å². The number of hydrogen-bond donors (Lipinski definition) is 1. The van der Waals surface area contributed by atoms with Crippen LogP contribution in [0.3, 0.4) is 0 Å². The van der Waals surface area contributed by atoms with Gasteiger partial charge >= 0.3 is 0 Å². The average Bonchev–Trinajstić information content (AvgIpc) is 3.28. The summed E-state index contributed by atoms with van der Waals surface area (Å²) in [6.07, 6.45) is 4.70. The lowest BCUT2D eigenvalue weighted by Gasteiger charge is -2.14. The number of aromatic nitrogens is 3. The minimum absolute atomic E-state index is 0.317. The minimum Gasteiger partial charge on any atom is -0.306 e. The molecule has 5 nitrogen and oxygen atoms in total. The van der Waals surface area contributed by atoms with Gasteiger partial charge in [0, 0.05) is 11.6 Å². The van der Waals surface area contributed by atoms with Gasteiger partial charge in [0.2, 0.25) is 5.13 Å². The van der Waals surface area contributed by atoms with Crippen LogP contribution in [-0.4, -0.2) is 20.7 Å². The number of aryl methyl sites for hydroxylation is 3. The van der Waals surface area contributed by atoms with E-state index in [-0.39, 0.29) is 11.7 Å². The van der Waals surface area contributed by atoms with E-state index in [4.69, 9.17) is 4.98 Å². The van der Waals surface area contributed by atoms with Crippen LogP contribution in [0.25, 0.3) is 15.3 Å². The summed E-state index contributed by atoms with van der Waals surface area (Å²) in [4.78, 5) is 17.3. The largest absolute Gasteiger partial charge is 0.306 e. The van der Waals surface area contributed by atoms with E-state index >= 15 is 0 Å². The van der Waals surface area contributed by atoms with Gasteiger partial charge in [-0.05, 0) is 80.1 Å². The first-order valence-corrected chi connectivity index (χ1v) is 10.4. The molecular weight excluding hydrogens is 387 g/mol. The van der Waals surface area contributed by atoms with Crippen LogP contribution in [0, 0.1) is 12.7 Å². The summed E-state index contributed by atoms with van der Waals surface area (Å²) in [6, 6.07) is 11.7. The third kappa shape index (κ3) is 3.42. The van der Waals surface area contributed by atoms with Gasteiger partial charge in [-0.2, -0.15) is 9.78 Å². The molecule has 2 heterocycles. The predicted molar refractivity (Wildman–Crippen MR) is 112 cm³/mol. The Bertz CT molecular complexity index is 1180. The molecule has 7 heteroatoms. The van der Waals surface area contributed by atoms with Crippen LogP contribution in [0.5, 0.6) is 0 Å². The van der Waals surface area contributed by atoms with Crippen molar-refractivity contribution in [2.24, 2.45) is 0 Å². The topological polar surface area (TPSA) is 59.8 Å². The van der Waals surface area contributed by atoms with E-state index in [1.54, 1.807) is 22.1 Å². The molecule has 0 saturated carbocycles. The number of carbonyl (C=O) groups is 1. The van der Waals surface area contributed by atoms with E-state index < -0.39 is 0 Å². The Balaban J connectivity index is 1.50. The third-order valence-corrected chi connectivity index (χ3v) is 6.20.